The highest BCUT2D eigenvalue weighted by Crippen LogP contribution is 2.59. The van der Waals surface area contributed by atoms with Crippen molar-refractivity contribution < 1.29 is 0 Å². The molecule has 1 aromatic carbocycles. The predicted octanol–water partition coefficient (Wildman–Crippen LogP) is 6.49. The number of hydrogen-bond acceptors (Lipinski definition) is 0. The molecule has 1 heteroatoms. The molecule has 3 rings (SSSR count). The summed E-state index contributed by atoms with van der Waals surface area (Å²) in [5.74, 6) is 2.49. The Labute approximate surface area is 138 Å². The molecule has 0 nitrogen and oxygen atoms in total. The van der Waals surface area contributed by atoms with Gasteiger partial charge in [0.25, 0.3) is 0 Å². The van der Waals surface area contributed by atoms with Crippen LogP contribution in [0.3, 0.4) is 0 Å². The van der Waals surface area contributed by atoms with Crippen molar-refractivity contribution in [1.29, 1.82) is 0 Å². The monoisotopic (exact) mass is 346 g/mol. The molecular formula is C20H27Br. The van der Waals surface area contributed by atoms with Crippen LogP contribution in [0, 0.1) is 23.2 Å². The lowest BCUT2D eigenvalue weighted by atomic mass is 9.59. The normalized spacial score (nSPS) is 35.1. The number of halogens is 1. The summed E-state index contributed by atoms with van der Waals surface area (Å²) in [5.41, 5.74) is 6.64. The third-order valence-corrected chi connectivity index (χ3v) is 6.61. The minimum absolute atomic E-state index is 0.396. The van der Waals surface area contributed by atoms with E-state index in [0.717, 1.165) is 17.8 Å². The Kier molecular flexibility index (Phi) is 3.84. The van der Waals surface area contributed by atoms with Gasteiger partial charge in [-0.25, -0.2) is 0 Å². The van der Waals surface area contributed by atoms with Crippen molar-refractivity contribution in [2.45, 2.75) is 53.9 Å². The molecule has 1 fully saturated rings. The van der Waals surface area contributed by atoms with E-state index in [9.17, 15) is 0 Å². The van der Waals surface area contributed by atoms with E-state index in [2.05, 4.69) is 68.7 Å². The molecule has 0 aromatic heterocycles. The average Bonchev–Trinajstić information content (AvgIpc) is 2.68. The Hall–Kier alpha value is -0.560. The molecule has 4 atom stereocenters. The highest BCUT2D eigenvalue weighted by atomic mass is 79.9. The van der Waals surface area contributed by atoms with Crippen LogP contribution in [0.2, 0.25) is 0 Å². The number of rotatable bonds is 0. The van der Waals surface area contributed by atoms with Crippen LogP contribution in [0.5, 0.6) is 0 Å². The molecule has 0 bridgehead atoms. The smallest absolute Gasteiger partial charge is 0.0181 e. The number of hydrogen-bond donors (Lipinski definition) is 0. The van der Waals surface area contributed by atoms with Crippen molar-refractivity contribution >= 4 is 21.5 Å². The maximum Gasteiger partial charge on any atom is 0.0181 e. The fourth-order valence-corrected chi connectivity index (χ4v) is 5.43. The molecular weight excluding hydrogens is 320 g/mol. The molecule has 0 heterocycles. The maximum atomic E-state index is 3.66. The second-order valence-corrected chi connectivity index (χ2v) is 8.77. The van der Waals surface area contributed by atoms with E-state index in [4.69, 9.17) is 0 Å². The van der Waals surface area contributed by atoms with E-state index in [1.54, 1.807) is 11.1 Å². The maximum absolute atomic E-state index is 3.66. The van der Waals surface area contributed by atoms with Gasteiger partial charge < -0.3 is 0 Å². The first-order valence-electron chi connectivity index (χ1n) is 8.31. The van der Waals surface area contributed by atoms with Crippen molar-refractivity contribution in [2.24, 2.45) is 23.2 Å². The van der Waals surface area contributed by atoms with Gasteiger partial charge in [0.15, 0.2) is 0 Å². The van der Waals surface area contributed by atoms with E-state index >= 15 is 0 Å². The van der Waals surface area contributed by atoms with Gasteiger partial charge in [0.05, 0.1) is 0 Å². The van der Waals surface area contributed by atoms with Gasteiger partial charge in [0.2, 0.25) is 0 Å². The molecule has 1 aromatic rings. The minimum atomic E-state index is 0.396. The largest absolute Gasteiger partial charge is 0.0720 e. The van der Waals surface area contributed by atoms with E-state index in [1.165, 1.54) is 34.9 Å². The van der Waals surface area contributed by atoms with Crippen molar-refractivity contribution in [3.05, 3.63) is 39.4 Å². The molecule has 0 amide bonds. The molecule has 0 saturated heterocycles. The predicted molar refractivity (Wildman–Crippen MR) is 95.3 cm³/mol. The van der Waals surface area contributed by atoms with Gasteiger partial charge in [-0.05, 0) is 79.7 Å². The summed E-state index contributed by atoms with van der Waals surface area (Å²) in [6.45, 7) is 12.0. The van der Waals surface area contributed by atoms with Gasteiger partial charge in [-0.1, -0.05) is 48.3 Å². The molecule has 2 aliphatic carbocycles. The van der Waals surface area contributed by atoms with E-state index in [0.29, 0.717) is 5.41 Å². The van der Waals surface area contributed by atoms with Crippen LogP contribution in [0.15, 0.2) is 28.2 Å². The van der Waals surface area contributed by atoms with Gasteiger partial charge in [0.1, 0.15) is 0 Å². The summed E-state index contributed by atoms with van der Waals surface area (Å²) in [4.78, 5) is 0. The van der Waals surface area contributed by atoms with Gasteiger partial charge in [-0.3, -0.25) is 0 Å². The van der Waals surface area contributed by atoms with Crippen LogP contribution in [0.1, 0.15) is 58.6 Å². The minimum Gasteiger partial charge on any atom is -0.0720 e. The molecule has 1 saturated carbocycles. The Morgan fingerprint density at radius 1 is 1.10 bits per heavy atom. The fraction of sp³-hybridized carbons (Fsp3) is 0.600. The van der Waals surface area contributed by atoms with Crippen molar-refractivity contribution in [3.8, 4) is 0 Å². The van der Waals surface area contributed by atoms with E-state index in [-0.39, 0.29) is 0 Å². The zero-order valence-corrected chi connectivity index (χ0v) is 15.5. The van der Waals surface area contributed by atoms with Gasteiger partial charge in [-0.2, -0.15) is 0 Å². The molecule has 1 spiro atoms. The second kappa shape index (κ2) is 5.26. The Morgan fingerprint density at radius 3 is 2.29 bits per heavy atom. The zero-order valence-electron chi connectivity index (χ0n) is 14.0. The first-order chi connectivity index (χ1) is 9.84. The van der Waals surface area contributed by atoms with Crippen LogP contribution in [-0.2, 0) is 6.42 Å². The number of allylic oxidation sites excluding steroid dienone is 2. The van der Waals surface area contributed by atoms with Gasteiger partial charge >= 0.3 is 0 Å². The average molecular weight is 347 g/mol. The first kappa shape index (κ1) is 15.3. The van der Waals surface area contributed by atoms with Gasteiger partial charge in [-0.15, -0.1) is 0 Å². The van der Waals surface area contributed by atoms with E-state index < -0.39 is 0 Å². The zero-order chi connectivity index (χ0) is 15.4. The second-order valence-electron chi connectivity index (χ2n) is 7.86. The Bertz CT molecular complexity index is 580. The molecule has 2 aliphatic rings. The molecule has 114 valence electrons. The summed E-state index contributed by atoms with van der Waals surface area (Å²) < 4.78 is 1.21. The van der Waals surface area contributed by atoms with Crippen LogP contribution in [0.4, 0.5) is 0 Å². The summed E-state index contributed by atoms with van der Waals surface area (Å²) in [5, 5.41) is 0. The molecule has 0 N–H and O–H groups in total. The van der Waals surface area contributed by atoms with Crippen LogP contribution in [0.25, 0.3) is 5.57 Å². The SMILES string of the molecule is CC(C)=C1c2cc(Br)ccc2CC12C[C@@H](C)C(C)[C@@H](C)C2. The quantitative estimate of drug-likeness (QED) is 0.503. The highest BCUT2D eigenvalue weighted by Gasteiger charge is 2.48. The number of fused-ring (bicyclic) bond motifs is 1. The standard InChI is InChI=1S/C20H27Br/c1-12(2)19-18-8-17(21)7-6-16(18)11-20(19)9-13(3)15(5)14(4)10-20/h6-8,13-15H,9-11H2,1-5H3/t13-,14+,15?,20?. The first-order valence-corrected chi connectivity index (χ1v) is 9.10. The summed E-state index contributed by atoms with van der Waals surface area (Å²) in [7, 11) is 0. The number of benzene rings is 1. The summed E-state index contributed by atoms with van der Waals surface area (Å²) in [6.07, 6.45) is 3.95. The van der Waals surface area contributed by atoms with Crippen molar-refractivity contribution in [3.63, 3.8) is 0 Å². The van der Waals surface area contributed by atoms with Gasteiger partial charge in [0, 0.05) is 9.89 Å². The summed E-state index contributed by atoms with van der Waals surface area (Å²) in [6, 6.07) is 6.89. The molecule has 21 heavy (non-hydrogen) atoms. The third-order valence-electron chi connectivity index (χ3n) is 6.12. The van der Waals surface area contributed by atoms with Crippen LogP contribution >= 0.6 is 15.9 Å². The molecule has 0 aliphatic heterocycles. The fourth-order valence-electron chi connectivity index (χ4n) is 5.07. The lowest BCUT2D eigenvalue weighted by Gasteiger charge is -2.46. The summed E-state index contributed by atoms with van der Waals surface area (Å²) >= 11 is 3.66. The lowest BCUT2D eigenvalue weighted by Crippen LogP contribution is -2.37. The van der Waals surface area contributed by atoms with E-state index in [1.807, 2.05) is 0 Å². The molecule has 2 unspecified atom stereocenters. The topological polar surface area (TPSA) is 0 Å². The highest BCUT2D eigenvalue weighted by molar-refractivity contribution is 9.10. The Morgan fingerprint density at radius 2 is 1.71 bits per heavy atom. The van der Waals surface area contributed by atoms with Crippen molar-refractivity contribution in [2.75, 3.05) is 0 Å². The van der Waals surface area contributed by atoms with Crippen molar-refractivity contribution in [1.82, 2.24) is 0 Å². The Balaban J connectivity index is 2.11. The molecule has 0 radical (unpaired) electrons. The third kappa shape index (κ3) is 2.42. The van der Waals surface area contributed by atoms with Crippen LogP contribution in [-0.4, -0.2) is 0 Å². The lowest BCUT2D eigenvalue weighted by molar-refractivity contribution is 0.103. The van der Waals surface area contributed by atoms with Crippen LogP contribution < -0.4 is 0 Å².